The summed E-state index contributed by atoms with van der Waals surface area (Å²) in [5, 5.41) is 1.35. The van der Waals surface area contributed by atoms with E-state index in [1.54, 1.807) is 37.4 Å². The Labute approximate surface area is 369 Å². The zero-order chi connectivity index (χ0) is 44.3. The van der Waals surface area contributed by atoms with E-state index in [1.165, 1.54) is 17.0 Å². The fraction of sp³-hybridized carbons (Fsp3) is 0.250. The van der Waals surface area contributed by atoms with Gasteiger partial charge in [0.05, 0.1) is 32.5 Å². The molecule has 1 unspecified atom stereocenters. The van der Waals surface area contributed by atoms with Crippen LogP contribution in [0.4, 0.5) is 10.5 Å². The molecule has 0 spiro atoms. The minimum absolute atomic E-state index is 0.121. The summed E-state index contributed by atoms with van der Waals surface area (Å²) in [4.78, 5) is 43.5. The molecule has 1 aliphatic rings. The predicted molar refractivity (Wildman–Crippen MR) is 245 cm³/mol. The maximum Gasteiger partial charge on any atom is 0.414 e. The summed E-state index contributed by atoms with van der Waals surface area (Å²) in [6.45, 7) is 3.93. The van der Waals surface area contributed by atoms with Crippen LogP contribution in [0.1, 0.15) is 71.5 Å². The number of rotatable bonds is 17. The molecule has 0 aromatic heterocycles. The zero-order valence-corrected chi connectivity index (χ0v) is 36.2. The molecule has 1 aliphatic carbocycles. The van der Waals surface area contributed by atoms with E-state index in [0.717, 1.165) is 57.3 Å². The summed E-state index contributed by atoms with van der Waals surface area (Å²) in [6, 6.07) is 44.7. The molecule has 11 heteroatoms. The number of hydrazine groups is 1. The molecule has 324 valence electrons. The second-order valence-corrected chi connectivity index (χ2v) is 15.6. The van der Waals surface area contributed by atoms with Gasteiger partial charge in [-0.15, -0.1) is 0 Å². The van der Waals surface area contributed by atoms with Crippen molar-refractivity contribution >= 4 is 23.6 Å². The highest BCUT2D eigenvalue weighted by atomic mass is 16.6. The van der Waals surface area contributed by atoms with Gasteiger partial charge in [0.25, 0.3) is 11.8 Å². The summed E-state index contributed by atoms with van der Waals surface area (Å²) < 4.78 is 23.3. The van der Waals surface area contributed by atoms with Crippen LogP contribution in [0.25, 0.3) is 11.1 Å². The molecule has 0 saturated carbocycles. The van der Waals surface area contributed by atoms with Crippen LogP contribution >= 0.6 is 0 Å². The minimum Gasteiger partial charge on any atom is -0.497 e. The lowest BCUT2D eigenvalue weighted by atomic mass is 9.96. The van der Waals surface area contributed by atoms with E-state index in [1.807, 2.05) is 105 Å². The molecule has 2 atom stereocenters. The summed E-state index contributed by atoms with van der Waals surface area (Å²) in [6.07, 6.45) is 1.57. The third kappa shape index (κ3) is 10.3. The van der Waals surface area contributed by atoms with Gasteiger partial charge in [0.2, 0.25) is 0 Å². The Balaban J connectivity index is 1.07. The lowest BCUT2D eigenvalue weighted by molar-refractivity contribution is -0.145. The van der Waals surface area contributed by atoms with Crippen molar-refractivity contribution in [3.63, 3.8) is 0 Å². The zero-order valence-electron chi connectivity index (χ0n) is 36.2. The van der Waals surface area contributed by atoms with Crippen molar-refractivity contribution in [3.8, 4) is 28.4 Å². The van der Waals surface area contributed by atoms with Gasteiger partial charge in [-0.1, -0.05) is 141 Å². The smallest absolute Gasteiger partial charge is 0.414 e. The lowest BCUT2D eigenvalue weighted by Gasteiger charge is -2.34. The molecular formula is C52H54N4O7. The molecule has 3 amide bonds. The molecule has 0 fully saturated rings. The fourth-order valence-electron chi connectivity index (χ4n) is 7.96. The standard InChI is InChI=1S/C52H54N4O7/c1-5-6-20-46(53)51(58)56(50(37-14-8-7-9-15-37)38-25-21-35(2)22-26-38)54-49(57)34-62-39-27-23-36(24-28-39)32-55(47-30-29-40(60-3)31-48(47)61-4)52(59)63-33-45-43-18-12-10-16-41(43)42-17-11-13-19-44(42)45/h7-19,21-31,45-46,50H,5-6,20,32-34,53H2,1-4H3,(H,54,57)/t46-,50?/m0/s1. The van der Waals surface area contributed by atoms with Crippen LogP contribution in [-0.2, 0) is 20.9 Å². The number of carbonyl (C=O) groups excluding carboxylic acids is 3. The largest absolute Gasteiger partial charge is 0.497 e. The third-order valence-electron chi connectivity index (χ3n) is 11.3. The van der Waals surface area contributed by atoms with Crippen LogP contribution in [0.2, 0.25) is 0 Å². The van der Waals surface area contributed by atoms with Crippen molar-refractivity contribution in [1.82, 2.24) is 10.4 Å². The first kappa shape index (κ1) is 44.0. The van der Waals surface area contributed by atoms with Crippen molar-refractivity contribution in [2.24, 2.45) is 5.73 Å². The highest BCUT2D eigenvalue weighted by Gasteiger charge is 2.33. The quantitative estimate of drug-likeness (QED) is 0.0868. The van der Waals surface area contributed by atoms with Gasteiger partial charge in [-0.2, -0.15) is 0 Å². The van der Waals surface area contributed by atoms with Crippen molar-refractivity contribution in [2.45, 2.75) is 57.7 Å². The van der Waals surface area contributed by atoms with Crippen LogP contribution in [-0.4, -0.2) is 56.4 Å². The van der Waals surface area contributed by atoms with E-state index < -0.39 is 30.0 Å². The first-order valence-electron chi connectivity index (χ1n) is 21.2. The number of hydrogen-bond donors (Lipinski definition) is 2. The topological polar surface area (TPSA) is 133 Å². The Morgan fingerprint density at radius 2 is 1.35 bits per heavy atom. The lowest BCUT2D eigenvalue weighted by Crippen LogP contribution is -2.55. The summed E-state index contributed by atoms with van der Waals surface area (Å²) in [5.41, 5.74) is 17.8. The number of methoxy groups -OCH3 is 2. The van der Waals surface area contributed by atoms with Gasteiger partial charge in [0, 0.05) is 12.0 Å². The number of benzene rings is 6. The number of amides is 3. The van der Waals surface area contributed by atoms with Crippen molar-refractivity contribution in [3.05, 3.63) is 179 Å². The van der Waals surface area contributed by atoms with E-state index in [-0.39, 0.29) is 25.7 Å². The molecular weight excluding hydrogens is 793 g/mol. The van der Waals surface area contributed by atoms with Gasteiger partial charge in [-0.05, 0) is 76.6 Å². The van der Waals surface area contributed by atoms with E-state index in [2.05, 4.69) is 29.7 Å². The number of hydrogen-bond acceptors (Lipinski definition) is 8. The average molecular weight is 847 g/mol. The molecule has 6 aromatic rings. The molecule has 0 radical (unpaired) electrons. The SMILES string of the molecule is CCCC[C@H](N)C(=O)N(NC(=O)COc1ccc(CN(C(=O)OCC2c3ccccc3-c3ccccc32)c2ccc(OC)cc2OC)cc1)C(c1ccccc1)c1ccc(C)cc1. The first-order chi connectivity index (χ1) is 30.7. The molecule has 6 aromatic carbocycles. The van der Waals surface area contributed by atoms with Gasteiger partial charge in [0.1, 0.15) is 29.9 Å². The van der Waals surface area contributed by atoms with E-state index in [4.69, 9.17) is 24.7 Å². The molecule has 0 saturated heterocycles. The maximum absolute atomic E-state index is 14.2. The molecule has 0 heterocycles. The molecule has 0 aliphatic heterocycles. The number of anilines is 1. The molecule has 0 bridgehead atoms. The Hall–Kier alpha value is -7.11. The number of nitrogens with one attached hydrogen (secondary N) is 1. The second-order valence-electron chi connectivity index (χ2n) is 15.6. The highest BCUT2D eigenvalue weighted by molar-refractivity contribution is 5.90. The highest BCUT2D eigenvalue weighted by Crippen LogP contribution is 2.45. The molecule has 3 N–H and O–H groups in total. The minimum atomic E-state index is -0.818. The Morgan fingerprint density at radius 1 is 0.730 bits per heavy atom. The Bertz CT molecular complexity index is 2450. The van der Waals surface area contributed by atoms with E-state index >= 15 is 0 Å². The summed E-state index contributed by atoms with van der Waals surface area (Å²) in [7, 11) is 3.11. The van der Waals surface area contributed by atoms with Gasteiger partial charge >= 0.3 is 6.09 Å². The van der Waals surface area contributed by atoms with E-state index in [0.29, 0.717) is 29.4 Å². The van der Waals surface area contributed by atoms with Crippen LogP contribution in [0, 0.1) is 6.92 Å². The second kappa shape index (κ2) is 20.6. The molecule has 63 heavy (non-hydrogen) atoms. The first-order valence-corrected chi connectivity index (χ1v) is 21.2. The normalized spacial score (nSPS) is 12.6. The number of aryl methyl sites for hydroxylation is 1. The van der Waals surface area contributed by atoms with E-state index in [9.17, 15) is 14.4 Å². The maximum atomic E-state index is 14.2. The number of nitrogens with zero attached hydrogens (tertiary/aromatic N) is 2. The van der Waals surface area contributed by atoms with Crippen molar-refractivity contribution in [2.75, 3.05) is 32.3 Å². The number of nitrogens with two attached hydrogens (primary N) is 1. The summed E-state index contributed by atoms with van der Waals surface area (Å²) >= 11 is 0. The molecule has 7 rings (SSSR count). The number of carbonyl (C=O) groups is 3. The van der Waals surface area contributed by atoms with Crippen LogP contribution in [0.15, 0.2) is 146 Å². The average Bonchev–Trinajstić information content (AvgIpc) is 3.64. The summed E-state index contributed by atoms with van der Waals surface area (Å²) in [5.74, 6) is 0.376. The molecule has 11 nitrogen and oxygen atoms in total. The Kier molecular flexibility index (Phi) is 14.4. The number of ether oxygens (including phenoxy) is 4. The third-order valence-corrected chi connectivity index (χ3v) is 11.3. The van der Waals surface area contributed by atoms with Crippen LogP contribution in [0.3, 0.4) is 0 Å². The predicted octanol–water partition coefficient (Wildman–Crippen LogP) is 9.51. The van der Waals surface area contributed by atoms with Gasteiger partial charge < -0.3 is 24.7 Å². The van der Waals surface area contributed by atoms with Gasteiger partial charge in [-0.3, -0.25) is 19.9 Å². The van der Waals surface area contributed by atoms with Crippen molar-refractivity contribution in [1.29, 1.82) is 0 Å². The monoisotopic (exact) mass is 846 g/mol. The Morgan fingerprint density at radius 3 is 1.98 bits per heavy atom. The van der Waals surface area contributed by atoms with Crippen LogP contribution in [0.5, 0.6) is 17.2 Å². The fourth-order valence-corrected chi connectivity index (χ4v) is 7.96. The van der Waals surface area contributed by atoms with Gasteiger partial charge in [0.15, 0.2) is 6.61 Å². The van der Waals surface area contributed by atoms with Crippen LogP contribution < -0.4 is 30.3 Å². The van der Waals surface area contributed by atoms with Crippen molar-refractivity contribution < 1.29 is 33.3 Å². The number of unbranched alkanes of at least 4 members (excludes halogenated alkanes) is 1. The van der Waals surface area contributed by atoms with Gasteiger partial charge in [-0.25, -0.2) is 9.80 Å². The number of fused-ring (bicyclic) bond motifs is 3.